The van der Waals surface area contributed by atoms with Crippen LogP contribution in [0.3, 0.4) is 0 Å². The molecule has 0 aliphatic carbocycles. The molecular weight excluding hydrogens is 347 g/mol. The fourth-order valence-corrected chi connectivity index (χ4v) is 3.14. The zero-order chi connectivity index (χ0) is 18.4. The van der Waals surface area contributed by atoms with Crippen LogP contribution in [0.25, 0.3) is 0 Å². The van der Waals surface area contributed by atoms with Crippen LogP contribution in [0.2, 0.25) is 0 Å². The number of carbonyl (C=O) groups excluding carboxylic acids is 1. The standard InChI is InChI=1S/C17H19FN2O4S/c1-24-16-9-7-15(8-10-16)20(25(2,22)23)12-11-19-17(21)13-3-5-14(18)6-4-13/h3-10H,11-12H2,1-2H3,(H,19,21). The summed E-state index contributed by atoms with van der Waals surface area (Å²) in [4.78, 5) is 12.0. The Hall–Kier alpha value is -2.61. The second-order valence-electron chi connectivity index (χ2n) is 5.30. The molecule has 8 heteroatoms. The molecule has 6 nitrogen and oxygen atoms in total. The van der Waals surface area contributed by atoms with E-state index in [2.05, 4.69) is 5.32 Å². The van der Waals surface area contributed by atoms with Gasteiger partial charge in [-0.3, -0.25) is 9.10 Å². The molecule has 0 radical (unpaired) electrons. The average molecular weight is 366 g/mol. The summed E-state index contributed by atoms with van der Waals surface area (Å²) in [5.74, 6) is -0.218. The zero-order valence-electron chi connectivity index (χ0n) is 13.9. The molecule has 0 unspecified atom stereocenters. The summed E-state index contributed by atoms with van der Waals surface area (Å²) in [5, 5.41) is 2.62. The van der Waals surface area contributed by atoms with E-state index in [1.165, 1.54) is 35.7 Å². The molecule has 2 rings (SSSR count). The van der Waals surface area contributed by atoms with Gasteiger partial charge in [-0.2, -0.15) is 0 Å². The Kier molecular flexibility index (Phi) is 5.97. The zero-order valence-corrected chi connectivity index (χ0v) is 14.7. The van der Waals surface area contributed by atoms with Gasteiger partial charge in [-0.05, 0) is 48.5 Å². The lowest BCUT2D eigenvalue weighted by atomic mass is 10.2. The van der Waals surface area contributed by atoms with Crippen molar-refractivity contribution in [1.82, 2.24) is 5.32 Å². The van der Waals surface area contributed by atoms with Crippen LogP contribution in [0.1, 0.15) is 10.4 Å². The highest BCUT2D eigenvalue weighted by Crippen LogP contribution is 2.21. The Bertz CT molecular complexity index is 821. The molecule has 2 aromatic carbocycles. The minimum absolute atomic E-state index is 0.0676. The first-order chi connectivity index (χ1) is 11.8. The maximum atomic E-state index is 12.9. The number of rotatable bonds is 7. The summed E-state index contributed by atoms with van der Waals surface area (Å²) in [7, 11) is -1.99. The third-order valence-corrected chi connectivity index (χ3v) is 4.66. The molecule has 1 N–H and O–H groups in total. The predicted molar refractivity (Wildman–Crippen MR) is 93.9 cm³/mol. The number of methoxy groups -OCH3 is 1. The predicted octanol–water partition coefficient (Wildman–Crippen LogP) is 2.03. The van der Waals surface area contributed by atoms with Crippen molar-refractivity contribution < 1.29 is 22.3 Å². The summed E-state index contributed by atoms with van der Waals surface area (Å²) in [6, 6.07) is 11.7. The number of amides is 1. The lowest BCUT2D eigenvalue weighted by molar-refractivity contribution is 0.0955. The van der Waals surface area contributed by atoms with Crippen LogP contribution in [0.15, 0.2) is 48.5 Å². The van der Waals surface area contributed by atoms with E-state index in [9.17, 15) is 17.6 Å². The van der Waals surface area contributed by atoms with Gasteiger partial charge in [0.15, 0.2) is 0 Å². The van der Waals surface area contributed by atoms with Crippen molar-refractivity contribution in [2.45, 2.75) is 0 Å². The number of sulfonamides is 1. The van der Waals surface area contributed by atoms with Gasteiger partial charge < -0.3 is 10.1 Å². The normalized spacial score (nSPS) is 11.0. The molecule has 0 bridgehead atoms. The Morgan fingerprint density at radius 2 is 1.72 bits per heavy atom. The van der Waals surface area contributed by atoms with Crippen LogP contribution < -0.4 is 14.4 Å². The van der Waals surface area contributed by atoms with Gasteiger partial charge in [-0.15, -0.1) is 0 Å². The van der Waals surface area contributed by atoms with Gasteiger partial charge in [0, 0.05) is 12.1 Å². The van der Waals surface area contributed by atoms with E-state index in [0.717, 1.165) is 6.26 Å². The maximum Gasteiger partial charge on any atom is 0.251 e. The third-order valence-electron chi connectivity index (χ3n) is 3.47. The molecule has 0 aromatic heterocycles. The second kappa shape index (κ2) is 7.98. The van der Waals surface area contributed by atoms with Gasteiger partial charge in [0.05, 0.1) is 25.6 Å². The minimum Gasteiger partial charge on any atom is -0.497 e. The molecule has 0 fully saturated rings. The molecule has 0 saturated carbocycles. The molecule has 25 heavy (non-hydrogen) atoms. The molecule has 2 aromatic rings. The highest BCUT2D eigenvalue weighted by Gasteiger charge is 2.17. The van der Waals surface area contributed by atoms with Gasteiger partial charge in [0.2, 0.25) is 10.0 Å². The summed E-state index contributed by atoms with van der Waals surface area (Å²) in [6.45, 7) is 0.174. The first-order valence-corrected chi connectivity index (χ1v) is 9.31. The van der Waals surface area contributed by atoms with E-state index < -0.39 is 21.7 Å². The van der Waals surface area contributed by atoms with Crippen molar-refractivity contribution >= 4 is 21.6 Å². The van der Waals surface area contributed by atoms with Crippen molar-refractivity contribution in [1.29, 1.82) is 0 Å². The molecule has 1 amide bonds. The number of halogens is 1. The van der Waals surface area contributed by atoms with Gasteiger partial charge in [0.25, 0.3) is 5.91 Å². The molecule has 134 valence electrons. The summed E-state index contributed by atoms with van der Waals surface area (Å²) < 4.78 is 43.1. The fraction of sp³-hybridized carbons (Fsp3) is 0.235. The van der Waals surface area contributed by atoms with Crippen molar-refractivity contribution in [3.05, 3.63) is 59.9 Å². The first-order valence-electron chi connectivity index (χ1n) is 7.47. The molecule has 0 atom stereocenters. The Morgan fingerprint density at radius 3 is 2.24 bits per heavy atom. The molecule has 0 spiro atoms. The largest absolute Gasteiger partial charge is 0.497 e. The number of carbonyl (C=O) groups is 1. The van der Waals surface area contributed by atoms with Gasteiger partial charge in [-0.25, -0.2) is 12.8 Å². The fourth-order valence-electron chi connectivity index (χ4n) is 2.21. The number of hydrogen-bond donors (Lipinski definition) is 1. The Balaban J connectivity index is 2.03. The van der Waals surface area contributed by atoms with E-state index in [1.54, 1.807) is 24.3 Å². The quantitative estimate of drug-likeness (QED) is 0.814. The average Bonchev–Trinajstić information content (AvgIpc) is 2.58. The highest BCUT2D eigenvalue weighted by atomic mass is 32.2. The summed E-state index contributed by atoms with van der Waals surface area (Å²) >= 11 is 0. The maximum absolute atomic E-state index is 12.9. The van der Waals surface area contributed by atoms with Crippen LogP contribution in [0.5, 0.6) is 5.75 Å². The third kappa shape index (κ3) is 5.18. The Morgan fingerprint density at radius 1 is 1.12 bits per heavy atom. The first kappa shape index (κ1) is 18.7. The second-order valence-corrected chi connectivity index (χ2v) is 7.20. The number of nitrogens with one attached hydrogen (secondary N) is 1. The van der Waals surface area contributed by atoms with Crippen LogP contribution >= 0.6 is 0 Å². The highest BCUT2D eigenvalue weighted by molar-refractivity contribution is 7.92. The number of ether oxygens (including phenoxy) is 1. The molecule has 0 heterocycles. The van der Waals surface area contributed by atoms with Gasteiger partial charge >= 0.3 is 0 Å². The lowest BCUT2D eigenvalue weighted by Crippen LogP contribution is -2.38. The van der Waals surface area contributed by atoms with Crippen molar-refractivity contribution in [3.8, 4) is 5.75 Å². The van der Waals surface area contributed by atoms with Gasteiger partial charge in [0.1, 0.15) is 11.6 Å². The van der Waals surface area contributed by atoms with Crippen LogP contribution in [-0.4, -0.2) is 40.8 Å². The molecule has 0 aliphatic rings. The summed E-state index contributed by atoms with van der Waals surface area (Å²) in [5.41, 5.74) is 0.774. The number of hydrogen-bond acceptors (Lipinski definition) is 4. The molecular formula is C17H19FN2O4S. The van der Waals surface area contributed by atoms with E-state index in [1.807, 2.05) is 0 Å². The van der Waals surface area contributed by atoms with Crippen molar-refractivity contribution in [2.75, 3.05) is 30.8 Å². The van der Waals surface area contributed by atoms with Crippen LogP contribution in [-0.2, 0) is 10.0 Å². The smallest absolute Gasteiger partial charge is 0.251 e. The van der Waals surface area contributed by atoms with E-state index in [0.29, 0.717) is 17.0 Å². The SMILES string of the molecule is COc1ccc(N(CCNC(=O)c2ccc(F)cc2)S(C)(=O)=O)cc1. The van der Waals surface area contributed by atoms with E-state index >= 15 is 0 Å². The van der Waals surface area contributed by atoms with Gasteiger partial charge in [-0.1, -0.05) is 0 Å². The van der Waals surface area contributed by atoms with E-state index in [4.69, 9.17) is 4.74 Å². The van der Waals surface area contributed by atoms with Crippen LogP contribution in [0, 0.1) is 5.82 Å². The Labute approximate surface area is 146 Å². The van der Waals surface area contributed by atoms with Crippen molar-refractivity contribution in [3.63, 3.8) is 0 Å². The number of nitrogens with zero attached hydrogens (tertiary/aromatic N) is 1. The minimum atomic E-state index is -3.51. The monoisotopic (exact) mass is 366 g/mol. The summed E-state index contributed by atoms with van der Waals surface area (Å²) in [6.07, 6.45) is 1.10. The lowest BCUT2D eigenvalue weighted by Gasteiger charge is -2.22. The van der Waals surface area contributed by atoms with Crippen molar-refractivity contribution in [2.24, 2.45) is 0 Å². The molecule has 0 aliphatic heterocycles. The molecule has 0 saturated heterocycles. The topological polar surface area (TPSA) is 75.7 Å². The number of benzene rings is 2. The number of anilines is 1. The van der Waals surface area contributed by atoms with Crippen LogP contribution in [0.4, 0.5) is 10.1 Å². The van der Waals surface area contributed by atoms with E-state index in [-0.39, 0.29) is 13.1 Å².